The van der Waals surface area contributed by atoms with Crippen molar-refractivity contribution in [2.75, 3.05) is 6.54 Å². The summed E-state index contributed by atoms with van der Waals surface area (Å²) in [5, 5.41) is 9.12. The third-order valence-electron chi connectivity index (χ3n) is 3.44. The van der Waals surface area contributed by atoms with E-state index in [-0.39, 0.29) is 11.8 Å². The Bertz CT molecular complexity index is 422. The van der Waals surface area contributed by atoms with Crippen molar-refractivity contribution in [1.82, 2.24) is 4.90 Å². The number of hydrogen-bond donors (Lipinski definition) is 1. The second kappa shape index (κ2) is 5.21. The summed E-state index contributed by atoms with van der Waals surface area (Å²) in [7, 11) is 0. The summed E-state index contributed by atoms with van der Waals surface area (Å²) >= 11 is 0. The Balaban J connectivity index is 2.05. The van der Waals surface area contributed by atoms with Crippen molar-refractivity contribution in [2.45, 2.75) is 25.8 Å². The molecule has 1 fully saturated rings. The number of aliphatic carboxylic acids is 1. The van der Waals surface area contributed by atoms with E-state index in [1.54, 1.807) is 0 Å². The average molecular weight is 247 g/mol. The fourth-order valence-corrected chi connectivity index (χ4v) is 2.60. The first-order valence-electron chi connectivity index (χ1n) is 6.12. The minimum atomic E-state index is -0.902. The predicted octanol–water partition coefficient (Wildman–Crippen LogP) is 1.55. The monoisotopic (exact) mass is 247 g/mol. The maximum absolute atomic E-state index is 11.4. The molecule has 1 aliphatic rings. The number of likely N-dealkylation sites (tertiary alicyclic amines) is 1. The smallest absolute Gasteiger partial charge is 0.326 e. The summed E-state index contributed by atoms with van der Waals surface area (Å²) in [4.78, 5) is 24.0. The van der Waals surface area contributed by atoms with E-state index in [9.17, 15) is 9.59 Å². The molecule has 1 heterocycles. The van der Waals surface area contributed by atoms with Crippen molar-refractivity contribution in [1.29, 1.82) is 0 Å². The standard InChI is InChI=1S/C14H17NO3/c1-10(16)15-9-12(8-13(15)14(17)18)7-11-5-3-2-4-6-11/h2-6,12-13H,7-9H2,1H3,(H,17,18)/t12-,13-/m0/s1. The third kappa shape index (κ3) is 2.70. The second-order valence-corrected chi connectivity index (χ2v) is 4.82. The molecule has 1 aliphatic heterocycles. The van der Waals surface area contributed by atoms with Crippen molar-refractivity contribution < 1.29 is 14.7 Å². The molecule has 0 unspecified atom stereocenters. The number of nitrogens with zero attached hydrogens (tertiary/aromatic N) is 1. The van der Waals surface area contributed by atoms with Crippen molar-refractivity contribution in [2.24, 2.45) is 5.92 Å². The van der Waals surface area contributed by atoms with E-state index in [4.69, 9.17) is 5.11 Å². The highest BCUT2D eigenvalue weighted by molar-refractivity contribution is 5.83. The number of benzene rings is 1. The first kappa shape index (κ1) is 12.6. The van der Waals surface area contributed by atoms with Gasteiger partial charge in [0.2, 0.25) is 5.91 Å². The largest absolute Gasteiger partial charge is 0.480 e. The number of rotatable bonds is 3. The summed E-state index contributed by atoms with van der Waals surface area (Å²) < 4.78 is 0. The SMILES string of the molecule is CC(=O)N1C[C@@H](Cc2ccccc2)C[C@H]1C(=O)O. The molecule has 1 aromatic carbocycles. The average Bonchev–Trinajstić information content (AvgIpc) is 2.74. The van der Waals surface area contributed by atoms with Crippen molar-refractivity contribution in [3.63, 3.8) is 0 Å². The molecule has 1 aromatic rings. The lowest BCUT2D eigenvalue weighted by atomic mass is 9.97. The molecular formula is C14H17NO3. The van der Waals surface area contributed by atoms with Gasteiger partial charge in [0.05, 0.1) is 0 Å². The number of carboxylic acids is 1. The second-order valence-electron chi connectivity index (χ2n) is 4.82. The zero-order valence-corrected chi connectivity index (χ0v) is 10.4. The molecule has 1 amide bonds. The van der Waals surface area contributed by atoms with Crippen LogP contribution in [0, 0.1) is 5.92 Å². The van der Waals surface area contributed by atoms with Crippen molar-refractivity contribution in [3.8, 4) is 0 Å². The van der Waals surface area contributed by atoms with Crippen molar-refractivity contribution in [3.05, 3.63) is 35.9 Å². The van der Waals surface area contributed by atoms with Gasteiger partial charge in [-0.2, -0.15) is 0 Å². The molecule has 0 bridgehead atoms. The van der Waals surface area contributed by atoms with Crippen LogP contribution in [0.1, 0.15) is 18.9 Å². The Morgan fingerprint density at radius 1 is 1.33 bits per heavy atom. The summed E-state index contributed by atoms with van der Waals surface area (Å²) in [5.74, 6) is -0.823. The lowest BCUT2D eigenvalue weighted by Gasteiger charge is -2.19. The van der Waals surface area contributed by atoms with Crippen molar-refractivity contribution >= 4 is 11.9 Å². The molecule has 4 nitrogen and oxygen atoms in total. The molecule has 1 saturated heterocycles. The van der Waals surface area contributed by atoms with E-state index in [2.05, 4.69) is 0 Å². The molecule has 1 N–H and O–H groups in total. The molecular weight excluding hydrogens is 230 g/mol. The van der Waals surface area contributed by atoms with Gasteiger partial charge in [-0.15, -0.1) is 0 Å². The van der Waals surface area contributed by atoms with Gasteiger partial charge in [-0.05, 0) is 24.3 Å². The number of carbonyl (C=O) groups is 2. The van der Waals surface area contributed by atoms with Crippen LogP contribution in [0.15, 0.2) is 30.3 Å². The Morgan fingerprint density at radius 2 is 2.00 bits per heavy atom. The van der Waals surface area contributed by atoms with E-state index >= 15 is 0 Å². The normalized spacial score (nSPS) is 23.1. The van der Waals surface area contributed by atoms with Crippen LogP contribution in [-0.4, -0.2) is 34.5 Å². The Kier molecular flexibility index (Phi) is 3.65. The van der Waals surface area contributed by atoms with Crippen LogP contribution in [0.2, 0.25) is 0 Å². The number of hydrogen-bond acceptors (Lipinski definition) is 2. The molecule has 0 aliphatic carbocycles. The fraction of sp³-hybridized carbons (Fsp3) is 0.429. The zero-order valence-electron chi connectivity index (χ0n) is 10.4. The third-order valence-corrected chi connectivity index (χ3v) is 3.44. The lowest BCUT2D eigenvalue weighted by molar-refractivity contribution is -0.147. The van der Waals surface area contributed by atoms with Gasteiger partial charge in [0.25, 0.3) is 0 Å². The Morgan fingerprint density at radius 3 is 2.50 bits per heavy atom. The lowest BCUT2D eigenvalue weighted by Crippen LogP contribution is -2.39. The van der Waals surface area contributed by atoms with Gasteiger partial charge in [0, 0.05) is 13.5 Å². The predicted molar refractivity (Wildman–Crippen MR) is 67.1 cm³/mol. The number of carboxylic acid groups (broad SMARTS) is 1. The van der Waals surface area contributed by atoms with Crippen LogP contribution in [0.4, 0.5) is 0 Å². The molecule has 96 valence electrons. The Hall–Kier alpha value is -1.84. The maximum Gasteiger partial charge on any atom is 0.326 e. The first-order valence-corrected chi connectivity index (χ1v) is 6.12. The molecule has 4 heteroatoms. The minimum Gasteiger partial charge on any atom is -0.480 e. The molecule has 2 atom stereocenters. The van der Waals surface area contributed by atoms with Crippen LogP contribution in [0.5, 0.6) is 0 Å². The van der Waals surface area contributed by atoms with E-state index < -0.39 is 12.0 Å². The van der Waals surface area contributed by atoms with Gasteiger partial charge in [0.15, 0.2) is 0 Å². The van der Waals surface area contributed by atoms with E-state index in [0.29, 0.717) is 13.0 Å². The summed E-state index contributed by atoms with van der Waals surface area (Å²) in [5.41, 5.74) is 1.19. The topological polar surface area (TPSA) is 57.6 Å². The van der Waals surface area contributed by atoms with Gasteiger partial charge in [-0.1, -0.05) is 30.3 Å². The quantitative estimate of drug-likeness (QED) is 0.881. The maximum atomic E-state index is 11.4. The van der Waals surface area contributed by atoms with Crippen LogP contribution in [0.25, 0.3) is 0 Å². The minimum absolute atomic E-state index is 0.155. The molecule has 0 radical (unpaired) electrons. The molecule has 0 aromatic heterocycles. The zero-order chi connectivity index (χ0) is 13.1. The highest BCUT2D eigenvalue weighted by Crippen LogP contribution is 2.26. The van der Waals surface area contributed by atoms with Crippen LogP contribution in [-0.2, 0) is 16.0 Å². The number of amides is 1. The molecule has 18 heavy (non-hydrogen) atoms. The highest BCUT2D eigenvalue weighted by atomic mass is 16.4. The van der Waals surface area contributed by atoms with Gasteiger partial charge in [0.1, 0.15) is 6.04 Å². The Labute approximate surface area is 106 Å². The van der Waals surface area contributed by atoms with E-state index in [0.717, 1.165) is 6.42 Å². The van der Waals surface area contributed by atoms with Gasteiger partial charge < -0.3 is 10.0 Å². The summed E-state index contributed by atoms with van der Waals surface area (Å²) in [6.07, 6.45) is 1.37. The molecule has 2 rings (SSSR count). The molecule has 0 saturated carbocycles. The van der Waals surface area contributed by atoms with Gasteiger partial charge in [-0.3, -0.25) is 4.79 Å². The van der Waals surface area contributed by atoms with E-state index in [1.807, 2.05) is 30.3 Å². The van der Waals surface area contributed by atoms with Gasteiger partial charge in [-0.25, -0.2) is 4.79 Å². The van der Waals surface area contributed by atoms with Crippen LogP contribution >= 0.6 is 0 Å². The molecule has 0 spiro atoms. The summed E-state index contributed by atoms with van der Waals surface area (Å²) in [6, 6.07) is 9.32. The van der Waals surface area contributed by atoms with Gasteiger partial charge >= 0.3 is 5.97 Å². The van der Waals surface area contributed by atoms with Crippen LogP contribution < -0.4 is 0 Å². The fourth-order valence-electron chi connectivity index (χ4n) is 2.60. The first-order chi connectivity index (χ1) is 8.58. The number of carbonyl (C=O) groups excluding carboxylic acids is 1. The van der Waals surface area contributed by atoms with Crippen LogP contribution in [0.3, 0.4) is 0 Å². The highest BCUT2D eigenvalue weighted by Gasteiger charge is 2.37. The van der Waals surface area contributed by atoms with E-state index in [1.165, 1.54) is 17.4 Å². The summed E-state index contributed by atoms with van der Waals surface area (Å²) in [6.45, 7) is 1.97.